The lowest BCUT2D eigenvalue weighted by atomic mass is 9.73. The molecule has 6 aromatic rings. The lowest BCUT2D eigenvalue weighted by Gasteiger charge is -2.43. The maximum Gasteiger partial charge on any atom is 0.0573 e. The molecule has 2 aliphatic heterocycles. The van der Waals surface area contributed by atoms with Crippen LogP contribution in [-0.4, -0.2) is 0 Å². The second kappa shape index (κ2) is 9.81. The summed E-state index contributed by atoms with van der Waals surface area (Å²) in [6.07, 6.45) is 0. The first-order valence-corrected chi connectivity index (χ1v) is 17.5. The predicted molar refractivity (Wildman–Crippen MR) is 188 cm³/mol. The van der Waals surface area contributed by atoms with Crippen molar-refractivity contribution in [2.75, 3.05) is 9.80 Å². The largest absolute Gasteiger partial charge is 0.310 e. The molecule has 0 fully saturated rings. The number of rotatable bonds is 3. The minimum atomic E-state index is -2.34. The Morgan fingerprint density at radius 1 is 0.465 bits per heavy atom. The topological polar surface area (TPSA) is 6.48 Å². The van der Waals surface area contributed by atoms with Crippen LogP contribution in [0.3, 0.4) is 0 Å². The molecule has 0 aliphatic carbocycles. The molecule has 0 amide bonds. The SMILES string of the molecule is CC1(C)c2ccccc2N(c2ccc3c(c2)N(c2ccccc2)c2ccccc2P3(=S)c2ccccc2)c2ccccc21. The number of fused-ring (bicyclic) bond motifs is 4. The van der Waals surface area contributed by atoms with E-state index in [2.05, 4.69) is 175 Å². The first-order valence-electron chi connectivity index (χ1n) is 14.7. The Morgan fingerprint density at radius 2 is 0.953 bits per heavy atom. The molecular formula is C39H31N2PS. The summed E-state index contributed by atoms with van der Waals surface area (Å²) in [5, 5.41) is 3.67. The number of benzene rings is 6. The van der Waals surface area contributed by atoms with Crippen LogP contribution >= 0.6 is 6.04 Å². The molecule has 0 aromatic heterocycles. The third-order valence-electron chi connectivity index (χ3n) is 9.03. The molecule has 0 N–H and O–H groups in total. The number of para-hydroxylation sites is 4. The Bertz CT molecular complexity index is 2000. The fourth-order valence-corrected chi connectivity index (χ4v) is 11.3. The van der Waals surface area contributed by atoms with Crippen molar-refractivity contribution in [1.82, 2.24) is 0 Å². The molecule has 0 bridgehead atoms. The summed E-state index contributed by atoms with van der Waals surface area (Å²) in [5.41, 5.74) is 9.54. The van der Waals surface area contributed by atoms with Gasteiger partial charge >= 0.3 is 0 Å². The van der Waals surface area contributed by atoms with Gasteiger partial charge in [0, 0.05) is 33.4 Å². The zero-order chi connectivity index (χ0) is 29.2. The normalized spacial score (nSPS) is 17.8. The van der Waals surface area contributed by atoms with E-state index in [0.29, 0.717) is 0 Å². The molecule has 0 saturated carbocycles. The van der Waals surface area contributed by atoms with Gasteiger partial charge in [0.15, 0.2) is 0 Å². The van der Waals surface area contributed by atoms with E-state index in [1.54, 1.807) is 0 Å². The van der Waals surface area contributed by atoms with Crippen molar-refractivity contribution in [2.24, 2.45) is 0 Å². The van der Waals surface area contributed by atoms with Crippen molar-refractivity contribution >= 4 is 67.9 Å². The summed E-state index contributed by atoms with van der Waals surface area (Å²) in [4.78, 5) is 4.85. The van der Waals surface area contributed by atoms with Crippen molar-refractivity contribution in [3.63, 3.8) is 0 Å². The summed E-state index contributed by atoms with van der Waals surface area (Å²) >= 11 is 6.86. The highest BCUT2D eigenvalue weighted by Crippen LogP contribution is 2.57. The third-order valence-corrected chi connectivity index (χ3v) is 14.0. The molecule has 43 heavy (non-hydrogen) atoms. The van der Waals surface area contributed by atoms with Crippen molar-refractivity contribution in [3.05, 3.63) is 163 Å². The standard InChI is InChI=1S/C39H31N2PS/c1-39(2)31-19-9-11-21-33(31)41(34-22-12-10-20-32(34)39)29-25-26-38-36(27-29)40(28-15-5-3-6-16-28)35-23-13-14-24-37(35)42(38,43)30-17-7-4-8-18-30/h3-27H,1-2H3. The molecule has 0 spiro atoms. The summed E-state index contributed by atoms with van der Waals surface area (Å²) in [6.45, 7) is 4.66. The van der Waals surface area contributed by atoms with Gasteiger partial charge in [0.2, 0.25) is 0 Å². The number of anilines is 6. The van der Waals surface area contributed by atoms with Crippen LogP contribution in [0.25, 0.3) is 0 Å². The molecule has 4 heteroatoms. The molecule has 8 rings (SSSR count). The monoisotopic (exact) mass is 590 g/mol. The zero-order valence-corrected chi connectivity index (χ0v) is 25.9. The van der Waals surface area contributed by atoms with Gasteiger partial charge in [0.25, 0.3) is 0 Å². The van der Waals surface area contributed by atoms with Crippen LogP contribution in [0.2, 0.25) is 0 Å². The average molecular weight is 591 g/mol. The Kier molecular flexibility index (Phi) is 5.98. The van der Waals surface area contributed by atoms with Crippen LogP contribution in [0.15, 0.2) is 152 Å². The van der Waals surface area contributed by atoms with Crippen LogP contribution in [0.4, 0.5) is 34.1 Å². The average Bonchev–Trinajstić information content (AvgIpc) is 3.06. The number of nitrogens with zero attached hydrogens (tertiary/aromatic N) is 2. The Hall–Kier alpha value is -4.43. The Labute approximate surface area is 258 Å². The van der Waals surface area contributed by atoms with Gasteiger partial charge in [0.1, 0.15) is 0 Å². The molecule has 0 radical (unpaired) electrons. The van der Waals surface area contributed by atoms with Crippen molar-refractivity contribution in [3.8, 4) is 0 Å². The van der Waals surface area contributed by atoms with Crippen LogP contribution in [0.5, 0.6) is 0 Å². The van der Waals surface area contributed by atoms with Gasteiger partial charge in [0.05, 0.1) is 22.7 Å². The second-order valence-corrected chi connectivity index (χ2v) is 16.1. The fraction of sp³-hybridized carbons (Fsp3) is 0.0769. The highest BCUT2D eigenvalue weighted by atomic mass is 32.4. The summed E-state index contributed by atoms with van der Waals surface area (Å²) in [6, 6.07) is 52.5. The van der Waals surface area contributed by atoms with Crippen LogP contribution < -0.4 is 25.7 Å². The van der Waals surface area contributed by atoms with E-state index in [0.717, 1.165) is 22.7 Å². The molecule has 2 nitrogen and oxygen atoms in total. The van der Waals surface area contributed by atoms with Gasteiger partial charge in [-0.25, -0.2) is 0 Å². The molecule has 2 heterocycles. The Balaban J connectivity index is 1.43. The van der Waals surface area contributed by atoms with Gasteiger partial charge in [-0.05, 0) is 65.0 Å². The van der Waals surface area contributed by atoms with E-state index in [1.165, 1.54) is 38.4 Å². The Morgan fingerprint density at radius 3 is 1.60 bits per heavy atom. The smallest absolute Gasteiger partial charge is 0.0573 e. The zero-order valence-electron chi connectivity index (χ0n) is 24.2. The molecule has 6 aromatic carbocycles. The highest BCUT2D eigenvalue weighted by Gasteiger charge is 2.40. The molecule has 0 saturated heterocycles. The highest BCUT2D eigenvalue weighted by molar-refractivity contribution is 8.25. The fourth-order valence-electron chi connectivity index (χ4n) is 6.99. The third kappa shape index (κ3) is 3.82. The first kappa shape index (κ1) is 26.2. The number of hydrogen-bond donors (Lipinski definition) is 0. The first-order chi connectivity index (χ1) is 21.0. The van der Waals surface area contributed by atoms with E-state index in [1.807, 2.05) is 0 Å². The van der Waals surface area contributed by atoms with E-state index in [-0.39, 0.29) is 5.41 Å². The van der Waals surface area contributed by atoms with Gasteiger partial charge in [-0.1, -0.05) is 129 Å². The lowest BCUT2D eigenvalue weighted by molar-refractivity contribution is 0.632. The lowest BCUT2D eigenvalue weighted by Crippen LogP contribution is -2.37. The van der Waals surface area contributed by atoms with Gasteiger partial charge in [-0.15, -0.1) is 0 Å². The van der Waals surface area contributed by atoms with Crippen molar-refractivity contribution in [1.29, 1.82) is 0 Å². The van der Waals surface area contributed by atoms with Crippen LogP contribution in [-0.2, 0) is 17.2 Å². The summed E-state index contributed by atoms with van der Waals surface area (Å²) < 4.78 is 0. The summed E-state index contributed by atoms with van der Waals surface area (Å²) in [7, 11) is 0. The molecule has 1 atom stereocenters. The van der Waals surface area contributed by atoms with E-state index in [4.69, 9.17) is 11.8 Å². The van der Waals surface area contributed by atoms with E-state index < -0.39 is 6.04 Å². The molecule has 2 aliphatic rings. The minimum absolute atomic E-state index is 0.110. The minimum Gasteiger partial charge on any atom is -0.310 e. The predicted octanol–water partition coefficient (Wildman–Crippen LogP) is 9.33. The van der Waals surface area contributed by atoms with Gasteiger partial charge < -0.3 is 9.80 Å². The van der Waals surface area contributed by atoms with Crippen LogP contribution in [0, 0.1) is 0 Å². The van der Waals surface area contributed by atoms with Gasteiger partial charge in [-0.2, -0.15) is 0 Å². The van der Waals surface area contributed by atoms with E-state index >= 15 is 0 Å². The number of hydrogen-bond acceptors (Lipinski definition) is 3. The molecule has 1 unspecified atom stereocenters. The van der Waals surface area contributed by atoms with Crippen molar-refractivity contribution in [2.45, 2.75) is 19.3 Å². The quantitative estimate of drug-likeness (QED) is 0.189. The van der Waals surface area contributed by atoms with Gasteiger partial charge in [-0.3, -0.25) is 0 Å². The molecule has 208 valence electrons. The molecular weight excluding hydrogens is 559 g/mol. The maximum absolute atomic E-state index is 6.86. The summed E-state index contributed by atoms with van der Waals surface area (Å²) in [5.74, 6) is 0. The maximum atomic E-state index is 6.86. The van der Waals surface area contributed by atoms with Crippen LogP contribution in [0.1, 0.15) is 25.0 Å². The van der Waals surface area contributed by atoms with E-state index in [9.17, 15) is 0 Å². The van der Waals surface area contributed by atoms with Crippen molar-refractivity contribution < 1.29 is 0 Å². The second-order valence-electron chi connectivity index (χ2n) is 11.8.